The SMILES string of the molecule is Fc1c(Cl)ncnc1-c1ccncc1. The van der Waals surface area contributed by atoms with Gasteiger partial charge in [0.05, 0.1) is 0 Å². The summed E-state index contributed by atoms with van der Waals surface area (Å²) in [7, 11) is 0. The highest BCUT2D eigenvalue weighted by molar-refractivity contribution is 6.29. The molecule has 0 saturated heterocycles. The fourth-order valence-electron chi connectivity index (χ4n) is 1.06. The first-order chi connectivity index (χ1) is 6.79. The zero-order valence-corrected chi connectivity index (χ0v) is 7.74. The Morgan fingerprint density at radius 1 is 1.14 bits per heavy atom. The Bertz CT molecular complexity index is 447. The number of aromatic nitrogens is 3. The fourth-order valence-corrected chi connectivity index (χ4v) is 1.19. The van der Waals surface area contributed by atoms with E-state index in [1.165, 1.54) is 6.33 Å². The Labute approximate surface area is 84.6 Å². The van der Waals surface area contributed by atoms with Crippen molar-refractivity contribution < 1.29 is 4.39 Å². The molecule has 2 rings (SSSR count). The number of nitrogens with zero attached hydrogens (tertiary/aromatic N) is 3. The zero-order valence-electron chi connectivity index (χ0n) is 6.98. The van der Waals surface area contributed by atoms with E-state index >= 15 is 0 Å². The normalized spacial score (nSPS) is 10.1. The van der Waals surface area contributed by atoms with Crippen LogP contribution < -0.4 is 0 Å². The van der Waals surface area contributed by atoms with E-state index < -0.39 is 5.82 Å². The van der Waals surface area contributed by atoms with Gasteiger partial charge in [-0.2, -0.15) is 0 Å². The summed E-state index contributed by atoms with van der Waals surface area (Å²) in [5.74, 6) is -0.611. The first kappa shape index (κ1) is 9.02. The van der Waals surface area contributed by atoms with Crippen LogP contribution in [0.15, 0.2) is 30.9 Å². The summed E-state index contributed by atoms with van der Waals surface area (Å²) < 4.78 is 13.4. The highest BCUT2D eigenvalue weighted by Gasteiger charge is 2.10. The van der Waals surface area contributed by atoms with E-state index in [1.54, 1.807) is 24.5 Å². The van der Waals surface area contributed by atoms with E-state index in [0.29, 0.717) is 5.56 Å². The molecule has 2 aromatic heterocycles. The second-order valence-electron chi connectivity index (χ2n) is 2.56. The van der Waals surface area contributed by atoms with Crippen LogP contribution in [0.2, 0.25) is 5.15 Å². The summed E-state index contributed by atoms with van der Waals surface area (Å²) in [6, 6.07) is 3.31. The highest BCUT2D eigenvalue weighted by Crippen LogP contribution is 2.22. The molecule has 0 atom stereocenters. The number of hydrogen-bond acceptors (Lipinski definition) is 3. The molecule has 2 aromatic rings. The van der Waals surface area contributed by atoms with E-state index in [-0.39, 0.29) is 10.8 Å². The maximum Gasteiger partial charge on any atom is 0.186 e. The molecule has 0 amide bonds. The van der Waals surface area contributed by atoms with Crippen molar-refractivity contribution in [3.8, 4) is 11.3 Å². The van der Waals surface area contributed by atoms with Crippen molar-refractivity contribution in [1.29, 1.82) is 0 Å². The zero-order chi connectivity index (χ0) is 9.97. The Balaban J connectivity index is 2.58. The van der Waals surface area contributed by atoms with Crippen LogP contribution in [-0.4, -0.2) is 15.0 Å². The molecule has 0 radical (unpaired) electrons. The molecule has 0 unspecified atom stereocenters. The molecule has 0 aromatic carbocycles. The second-order valence-corrected chi connectivity index (χ2v) is 2.92. The molecular formula is C9H5ClFN3. The standard InChI is InChI=1S/C9H5ClFN3/c10-9-7(11)8(13-5-14-9)6-1-3-12-4-2-6/h1-5H. The topological polar surface area (TPSA) is 38.7 Å². The third-order valence-electron chi connectivity index (χ3n) is 1.70. The summed E-state index contributed by atoms with van der Waals surface area (Å²) in [4.78, 5) is 11.2. The Morgan fingerprint density at radius 3 is 2.57 bits per heavy atom. The quantitative estimate of drug-likeness (QED) is 0.677. The molecule has 0 aliphatic rings. The first-order valence-corrected chi connectivity index (χ1v) is 4.23. The van der Waals surface area contributed by atoms with Gasteiger partial charge in [-0.1, -0.05) is 11.6 Å². The van der Waals surface area contributed by atoms with Crippen molar-refractivity contribution in [3.05, 3.63) is 41.8 Å². The van der Waals surface area contributed by atoms with Gasteiger partial charge >= 0.3 is 0 Å². The van der Waals surface area contributed by atoms with Crippen LogP contribution in [0.5, 0.6) is 0 Å². The van der Waals surface area contributed by atoms with Gasteiger partial charge in [0.25, 0.3) is 0 Å². The van der Waals surface area contributed by atoms with Crippen LogP contribution in [0.3, 0.4) is 0 Å². The lowest BCUT2D eigenvalue weighted by molar-refractivity contribution is 0.618. The van der Waals surface area contributed by atoms with Crippen LogP contribution in [0.1, 0.15) is 0 Å². The summed E-state index contributed by atoms with van der Waals surface area (Å²) in [5.41, 5.74) is 0.814. The second kappa shape index (κ2) is 3.67. The fraction of sp³-hybridized carbons (Fsp3) is 0. The Hall–Kier alpha value is -1.55. The van der Waals surface area contributed by atoms with Gasteiger partial charge in [-0.15, -0.1) is 0 Å². The summed E-state index contributed by atoms with van der Waals surface area (Å²) >= 11 is 5.52. The molecule has 70 valence electrons. The monoisotopic (exact) mass is 209 g/mol. The maximum absolute atomic E-state index is 13.4. The number of rotatable bonds is 1. The van der Waals surface area contributed by atoms with E-state index in [9.17, 15) is 4.39 Å². The molecule has 0 aliphatic carbocycles. The van der Waals surface area contributed by atoms with Crippen molar-refractivity contribution >= 4 is 11.6 Å². The molecule has 14 heavy (non-hydrogen) atoms. The first-order valence-electron chi connectivity index (χ1n) is 3.85. The lowest BCUT2D eigenvalue weighted by Gasteiger charge is -2.01. The van der Waals surface area contributed by atoms with Crippen LogP contribution in [0.4, 0.5) is 4.39 Å². The molecule has 0 fully saturated rings. The van der Waals surface area contributed by atoms with Crippen molar-refractivity contribution in [1.82, 2.24) is 15.0 Å². The summed E-state index contributed by atoms with van der Waals surface area (Å²) in [6.07, 6.45) is 4.34. The van der Waals surface area contributed by atoms with Gasteiger partial charge in [0.15, 0.2) is 11.0 Å². The number of pyridine rings is 1. The van der Waals surface area contributed by atoms with Crippen molar-refractivity contribution in [2.45, 2.75) is 0 Å². The average Bonchev–Trinajstić information content (AvgIpc) is 2.23. The van der Waals surface area contributed by atoms with Gasteiger partial charge in [-0.05, 0) is 12.1 Å². The van der Waals surface area contributed by atoms with Crippen LogP contribution in [-0.2, 0) is 0 Å². The van der Waals surface area contributed by atoms with Gasteiger partial charge in [-0.25, -0.2) is 14.4 Å². The molecule has 0 bridgehead atoms. The van der Waals surface area contributed by atoms with Crippen LogP contribution in [0, 0.1) is 5.82 Å². The molecular weight excluding hydrogens is 205 g/mol. The Morgan fingerprint density at radius 2 is 1.86 bits per heavy atom. The minimum absolute atomic E-state index is 0.174. The van der Waals surface area contributed by atoms with E-state index in [2.05, 4.69) is 15.0 Å². The van der Waals surface area contributed by atoms with Gasteiger partial charge in [0.2, 0.25) is 0 Å². The lowest BCUT2D eigenvalue weighted by atomic mass is 10.2. The van der Waals surface area contributed by atoms with E-state index in [0.717, 1.165) is 0 Å². The van der Waals surface area contributed by atoms with Gasteiger partial charge < -0.3 is 0 Å². The molecule has 5 heteroatoms. The predicted octanol–water partition coefficient (Wildman–Crippen LogP) is 2.33. The number of hydrogen-bond donors (Lipinski definition) is 0. The smallest absolute Gasteiger partial charge is 0.186 e. The minimum Gasteiger partial charge on any atom is -0.265 e. The minimum atomic E-state index is -0.611. The van der Waals surface area contributed by atoms with E-state index in [1.807, 2.05) is 0 Å². The molecule has 0 N–H and O–H groups in total. The van der Waals surface area contributed by atoms with E-state index in [4.69, 9.17) is 11.6 Å². The van der Waals surface area contributed by atoms with Gasteiger partial charge in [0.1, 0.15) is 12.0 Å². The van der Waals surface area contributed by atoms with Crippen molar-refractivity contribution in [2.24, 2.45) is 0 Å². The predicted molar refractivity (Wildman–Crippen MR) is 50.2 cm³/mol. The third-order valence-corrected chi connectivity index (χ3v) is 1.96. The van der Waals surface area contributed by atoms with Crippen molar-refractivity contribution in [2.75, 3.05) is 0 Å². The third kappa shape index (κ3) is 1.56. The van der Waals surface area contributed by atoms with Gasteiger partial charge in [-0.3, -0.25) is 4.98 Å². The molecule has 0 saturated carbocycles. The number of halogens is 2. The summed E-state index contributed by atoms with van der Waals surface area (Å²) in [6.45, 7) is 0. The van der Waals surface area contributed by atoms with Crippen LogP contribution >= 0.6 is 11.6 Å². The highest BCUT2D eigenvalue weighted by atomic mass is 35.5. The average molecular weight is 210 g/mol. The van der Waals surface area contributed by atoms with Crippen LogP contribution in [0.25, 0.3) is 11.3 Å². The lowest BCUT2D eigenvalue weighted by Crippen LogP contribution is -1.92. The van der Waals surface area contributed by atoms with Gasteiger partial charge in [0, 0.05) is 18.0 Å². The molecule has 2 heterocycles. The maximum atomic E-state index is 13.4. The molecule has 0 spiro atoms. The molecule has 3 nitrogen and oxygen atoms in total. The Kier molecular flexibility index (Phi) is 2.37. The largest absolute Gasteiger partial charge is 0.265 e. The summed E-state index contributed by atoms with van der Waals surface area (Å²) in [5, 5.41) is -0.174. The molecule has 0 aliphatic heterocycles. The van der Waals surface area contributed by atoms with Crippen molar-refractivity contribution in [3.63, 3.8) is 0 Å².